The van der Waals surface area contributed by atoms with Crippen LogP contribution in [0.2, 0.25) is 5.02 Å². The van der Waals surface area contributed by atoms with Gasteiger partial charge in [0.25, 0.3) is 0 Å². The molecule has 0 saturated heterocycles. The molecule has 0 saturated carbocycles. The van der Waals surface area contributed by atoms with E-state index in [9.17, 15) is 0 Å². The predicted octanol–water partition coefficient (Wildman–Crippen LogP) is 5.23. The van der Waals surface area contributed by atoms with Gasteiger partial charge in [-0.25, -0.2) is 0 Å². The van der Waals surface area contributed by atoms with E-state index in [1.807, 2.05) is 23.5 Å². The van der Waals surface area contributed by atoms with Gasteiger partial charge >= 0.3 is 0 Å². The first-order valence-electron chi connectivity index (χ1n) is 6.18. The van der Waals surface area contributed by atoms with Crippen molar-refractivity contribution in [3.05, 3.63) is 55.6 Å². The molecule has 1 aromatic carbocycles. The average molecular weight is 359 g/mol. The molecule has 1 heterocycles. The third-order valence-corrected chi connectivity index (χ3v) is 5.54. The van der Waals surface area contributed by atoms with Crippen LogP contribution in [-0.2, 0) is 12.0 Å². The predicted molar refractivity (Wildman–Crippen MR) is 88.2 cm³/mol. The van der Waals surface area contributed by atoms with Crippen molar-refractivity contribution in [2.45, 2.75) is 25.8 Å². The average Bonchev–Trinajstić information content (AvgIpc) is 2.88. The SMILES string of the molecule is CC(C)(CNCc1ccc(Br)c(Cl)c1)c1cccs1. The summed E-state index contributed by atoms with van der Waals surface area (Å²) in [5, 5.41) is 6.40. The molecule has 0 unspecified atom stereocenters. The van der Waals surface area contributed by atoms with Crippen LogP contribution < -0.4 is 5.32 Å². The first kappa shape index (κ1) is 15.0. The first-order valence-corrected chi connectivity index (χ1v) is 8.23. The van der Waals surface area contributed by atoms with Gasteiger partial charge in [-0.05, 0) is 45.1 Å². The number of thiophene rings is 1. The maximum absolute atomic E-state index is 6.09. The molecule has 0 aliphatic rings. The first-order chi connectivity index (χ1) is 8.99. The van der Waals surface area contributed by atoms with Gasteiger partial charge in [0, 0.05) is 27.9 Å². The molecule has 4 heteroatoms. The molecule has 0 bridgehead atoms. The molecule has 1 N–H and O–H groups in total. The highest BCUT2D eigenvalue weighted by Gasteiger charge is 2.20. The number of hydrogen-bond acceptors (Lipinski definition) is 2. The molecular formula is C15H17BrClNS. The summed E-state index contributed by atoms with van der Waals surface area (Å²) in [5.41, 5.74) is 1.36. The normalized spacial score (nSPS) is 11.8. The Bertz CT molecular complexity index is 537. The molecule has 0 atom stereocenters. The van der Waals surface area contributed by atoms with Gasteiger partial charge in [0.05, 0.1) is 5.02 Å². The molecule has 0 amide bonds. The van der Waals surface area contributed by atoms with Crippen LogP contribution in [0.15, 0.2) is 40.2 Å². The Hall–Kier alpha value is -0.350. The maximum atomic E-state index is 6.09. The van der Waals surface area contributed by atoms with Crippen molar-refractivity contribution in [3.8, 4) is 0 Å². The zero-order valence-electron chi connectivity index (χ0n) is 11.0. The van der Waals surface area contributed by atoms with E-state index < -0.39 is 0 Å². The molecule has 0 aliphatic carbocycles. The summed E-state index contributed by atoms with van der Waals surface area (Å²) in [6, 6.07) is 10.4. The van der Waals surface area contributed by atoms with Crippen molar-refractivity contribution in [2.75, 3.05) is 6.54 Å². The van der Waals surface area contributed by atoms with Crippen LogP contribution in [-0.4, -0.2) is 6.54 Å². The highest BCUT2D eigenvalue weighted by atomic mass is 79.9. The molecule has 102 valence electrons. The number of benzene rings is 1. The van der Waals surface area contributed by atoms with Crippen molar-refractivity contribution in [1.29, 1.82) is 0 Å². The van der Waals surface area contributed by atoms with Crippen LogP contribution in [0.1, 0.15) is 24.3 Å². The Morgan fingerprint density at radius 1 is 1.32 bits per heavy atom. The fourth-order valence-corrected chi connectivity index (χ4v) is 3.22. The summed E-state index contributed by atoms with van der Waals surface area (Å²) >= 11 is 11.3. The van der Waals surface area contributed by atoms with Crippen molar-refractivity contribution in [3.63, 3.8) is 0 Å². The smallest absolute Gasteiger partial charge is 0.0551 e. The fraction of sp³-hybridized carbons (Fsp3) is 0.333. The lowest BCUT2D eigenvalue weighted by Crippen LogP contribution is -2.31. The van der Waals surface area contributed by atoms with E-state index >= 15 is 0 Å². The Morgan fingerprint density at radius 3 is 2.74 bits per heavy atom. The lowest BCUT2D eigenvalue weighted by atomic mass is 9.91. The van der Waals surface area contributed by atoms with E-state index in [4.69, 9.17) is 11.6 Å². The quantitative estimate of drug-likeness (QED) is 0.771. The highest BCUT2D eigenvalue weighted by molar-refractivity contribution is 9.10. The molecule has 0 radical (unpaired) electrons. The van der Waals surface area contributed by atoms with Crippen LogP contribution >= 0.6 is 38.9 Å². The number of nitrogens with one attached hydrogen (secondary N) is 1. The number of rotatable bonds is 5. The van der Waals surface area contributed by atoms with E-state index in [1.54, 1.807) is 0 Å². The van der Waals surface area contributed by atoms with Crippen molar-refractivity contribution >= 4 is 38.9 Å². The molecule has 19 heavy (non-hydrogen) atoms. The topological polar surface area (TPSA) is 12.0 Å². The Labute approximate surface area is 132 Å². The zero-order chi connectivity index (χ0) is 13.9. The summed E-state index contributed by atoms with van der Waals surface area (Å²) in [6.07, 6.45) is 0. The number of hydrogen-bond donors (Lipinski definition) is 1. The summed E-state index contributed by atoms with van der Waals surface area (Å²) in [7, 11) is 0. The molecule has 0 fully saturated rings. The Morgan fingerprint density at radius 2 is 2.11 bits per heavy atom. The van der Waals surface area contributed by atoms with Gasteiger partial charge in [0.1, 0.15) is 0 Å². The molecule has 0 spiro atoms. The van der Waals surface area contributed by atoms with Crippen LogP contribution in [0.5, 0.6) is 0 Å². The van der Waals surface area contributed by atoms with Crippen molar-refractivity contribution < 1.29 is 0 Å². The minimum atomic E-state index is 0.160. The Balaban J connectivity index is 1.91. The second kappa shape index (κ2) is 6.40. The van der Waals surface area contributed by atoms with Crippen LogP contribution in [0.3, 0.4) is 0 Å². The standard InChI is InChI=1S/C15H17BrClNS/c1-15(2,14-4-3-7-19-14)10-18-9-11-5-6-12(16)13(17)8-11/h3-8,18H,9-10H2,1-2H3. The van der Waals surface area contributed by atoms with Crippen molar-refractivity contribution in [2.24, 2.45) is 0 Å². The van der Waals surface area contributed by atoms with Gasteiger partial charge in [-0.2, -0.15) is 0 Å². The molecule has 0 aliphatic heterocycles. The monoisotopic (exact) mass is 357 g/mol. The molecule has 1 nitrogen and oxygen atoms in total. The third-order valence-electron chi connectivity index (χ3n) is 3.07. The van der Waals surface area contributed by atoms with E-state index in [0.29, 0.717) is 0 Å². The summed E-state index contributed by atoms with van der Waals surface area (Å²) in [6.45, 7) is 6.31. The van der Waals surface area contributed by atoms with Crippen LogP contribution in [0, 0.1) is 0 Å². The lowest BCUT2D eigenvalue weighted by molar-refractivity contribution is 0.477. The van der Waals surface area contributed by atoms with Gasteiger partial charge < -0.3 is 5.32 Å². The minimum Gasteiger partial charge on any atom is -0.312 e. The van der Waals surface area contributed by atoms with E-state index in [-0.39, 0.29) is 5.41 Å². The van der Waals surface area contributed by atoms with Gasteiger partial charge in [-0.1, -0.05) is 37.6 Å². The largest absolute Gasteiger partial charge is 0.312 e. The van der Waals surface area contributed by atoms with E-state index in [1.165, 1.54) is 10.4 Å². The van der Waals surface area contributed by atoms with Crippen LogP contribution in [0.25, 0.3) is 0 Å². The van der Waals surface area contributed by atoms with Crippen molar-refractivity contribution in [1.82, 2.24) is 5.32 Å². The highest BCUT2D eigenvalue weighted by Crippen LogP contribution is 2.27. The van der Waals surface area contributed by atoms with Gasteiger partial charge in [-0.15, -0.1) is 11.3 Å². The molecule has 2 aromatic rings. The van der Waals surface area contributed by atoms with Gasteiger partial charge in [-0.3, -0.25) is 0 Å². The summed E-state index contributed by atoms with van der Waals surface area (Å²) in [4.78, 5) is 1.41. The zero-order valence-corrected chi connectivity index (χ0v) is 14.2. The van der Waals surface area contributed by atoms with Gasteiger partial charge in [0.2, 0.25) is 0 Å². The summed E-state index contributed by atoms with van der Waals surface area (Å²) in [5.74, 6) is 0. The van der Waals surface area contributed by atoms with E-state index in [0.717, 1.165) is 22.6 Å². The Kier molecular flexibility index (Phi) is 5.07. The van der Waals surface area contributed by atoms with Crippen LogP contribution in [0.4, 0.5) is 0 Å². The minimum absolute atomic E-state index is 0.160. The lowest BCUT2D eigenvalue weighted by Gasteiger charge is -2.23. The number of halogens is 2. The maximum Gasteiger partial charge on any atom is 0.0551 e. The van der Waals surface area contributed by atoms with Gasteiger partial charge in [0.15, 0.2) is 0 Å². The molecule has 2 rings (SSSR count). The second-order valence-corrected chi connectivity index (χ2v) is 7.42. The van der Waals surface area contributed by atoms with E-state index in [2.05, 4.69) is 58.7 Å². The second-order valence-electron chi connectivity index (χ2n) is 5.21. The molecule has 1 aromatic heterocycles. The fourth-order valence-electron chi connectivity index (χ4n) is 1.92. The third kappa shape index (κ3) is 4.06. The summed E-state index contributed by atoms with van der Waals surface area (Å²) < 4.78 is 0.942. The molecular weight excluding hydrogens is 342 g/mol.